The Kier molecular flexibility index (Phi) is 2.57. The van der Waals surface area contributed by atoms with E-state index in [0.717, 1.165) is 22.9 Å². The van der Waals surface area contributed by atoms with Gasteiger partial charge in [-0.1, -0.05) is 0 Å². The number of halogens is 1. The summed E-state index contributed by atoms with van der Waals surface area (Å²) in [6, 6.07) is 1.80. The SMILES string of the molecule is COc1c(Br)cc2c(c1C1(N=C=O)CC1)OCO2. The van der Waals surface area contributed by atoms with Gasteiger partial charge in [0.15, 0.2) is 11.5 Å². The van der Waals surface area contributed by atoms with Crippen LogP contribution in [0, 0.1) is 0 Å². The highest BCUT2D eigenvalue weighted by molar-refractivity contribution is 9.10. The number of aliphatic imine (C=N–C) groups is 1. The lowest BCUT2D eigenvalue weighted by atomic mass is 10.0. The van der Waals surface area contributed by atoms with Gasteiger partial charge in [0.05, 0.1) is 17.1 Å². The smallest absolute Gasteiger partial charge is 0.235 e. The van der Waals surface area contributed by atoms with Crippen LogP contribution in [0.2, 0.25) is 0 Å². The molecule has 18 heavy (non-hydrogen) atoms. The van der Waals surface area contributed by atoms with Crippen LogP contribution in [0.25, 0.3) is 0 Å². The summed E-state index contributed by atoms with van der Waals surface area (Å²) in [7, 11) is 1.58. The van der Waals surface area contributed by atoms with E-state index in [2.05, 4.69) is 20.9 Å². The molecule has 0 spiro atoms. The lowest BCUT2D eigenvalue weighted by Gasteiger charge is -2.17. The molecule has 0 bridgehead atoms. The number of carbonyl (C=O) groups excluding carboxylic acids is 1. The van der Waals surface area contributed by atoms with Gasteiger partial charge in [-0.15, -0.1) is 0 Å². The summed E-state index contributed by atoms with van der Waals surface area (Å²) in [5.74, 6) is 1.90. The fourth-order valence-electron chi connectivity index (χ4n) is 2.24. The number of benzene rings is 1. The average Bonchev–Trinajstić information content (AvgIpc) is 2.98. The van der Waals surface area contributed by atoms with E-state index in [-0.39, 0.29) is 6.79 Å². The van der Waals surface area contributed by atoms with Gasteiger partial charge in [-0.25, -0.2) is 4.79 Å². The number of hydrogen-bond donors (Lipinski definition) is 0. The fraction of sp³-hybridized carbons (Fsp3) is 0.417. The van der Waals surface area contributed by atoms with Crippen LogP contribution < -0.4 is 14.2 Å². The first-order chi connectivity index (χ1) is 8.72. The Morgan fingerprint density at radius 1 is 1.50 bits per heavy atom. The predicted octanol–water partition coefficient (Wildman–Crippen LogP) is 2.51. The largest absolute Gasteiger partial charge is 0.495 e. The molecule has 2 aliphatic rings. The molecule has 3 rings (SSSR count). The first-order valence-electron chi connectivity index (χ1n) is 5.47. The van der Waals surface area contributed by atoms with Crippen LogP contribution in [0.3, 0.4) is 0 Å². The molecule has 1 saturated carbocycles. The normalized spacial score (nSPS) is 18.1. The minimum Gasteiger partial charge on any atom is -0.495 e. The molecule has 1 heterocycles. The molecule has 1 aromatic rings. The molecular weight excluding hydrogens is 302 g/mol. The Morgan fingerprint density at radius 3 is 2.89 bits per heavy atom. The lowest BCUT2D eigenvalue weighted by molar-refractivity contribution is 0.172. The highest BCUT2D eigenvalue weighted by Crippen LogP contribution is 2.59. The highest BCUT2D eigenvalue weighted by Gasteiger charge is 2.51. The van der Waals surface area contributed by atoms with Crippen LogP contribution in [-0.4, -0.2) is 20.0 Å². The van der Waals surface area contributed by atoms with Crippen molar-refractivity contribution in [2.75, 3.05) is 13.9 Å². The Bertz CT molecular complexity index is 558. The van der Waals surface area contributed by atoms with Crippen LogP contribution in [-0.2, 0) is 10.3 Å². The zero-order valence-electron chi connectivity index (χ0n) is 9.66. The Balaban J connectivity index is 2.26. The van der Waals surface area contributed by atoms with Crippen molar-refractivity contribution in [1.82, 2.24) is 0 Å². The molecule has 94 valence electrons. The maximum absolute atomic E-state index is 10.6. The third-order valence-corrected chi connectivity index (χ3v) is 3.81. The monoisotopic (exact) mass is 311 g/mol. The maximum atomic E-state index is 10.6. The van der Waals surface area contributed by atoms with Crippen LogP contribution in [0.5, 0.6) is 17.2 Å². The van der Waals surface area contributed by atoms with Crippen LogP contribution in [0.1, 0.15) is 18.4 Å². The first kappa shape index (κ1) is 11.6. The molecule has 1 aliphatic carbocycles. The number of methoxy groups -OCH3 is 1. The Labute approximate surface area is 112 Å². The van der Waals surface area contributed by atoms with E-state index >= 15 is 0 Å². The van der Waals surface area contributed by atoms with Crippen LogP contribution >= 0.6 is 15.9 Å². The van der Waals surface area contributed by atoms with Crippen molar-refractivity contribution in [3.8, 4) is 17.2 Å². The highest BCUT2D eigenvalue weighted by atomic mass is 79.9. The number of hydrogen-bond acceptors (Lipinski definition) is 5. The molecular formula is C12H10BrNO4. The van der Waals surface area contributed by atoms with Gasteiger partial charge in [-0.2, -0.15) is 4.99 Å². The van der Waals surface area contributed by atoms with Crippen LogP contribution in [0.4, 0.5) is 0 Å². The van der Waals surface area contributed by atoms with E-state index < -0.39 is 5.54 Å². The van der Waals surface area contributed by atoms with E-state index in [1.807, 2.05) is 0 Å². The third kappa shape index (κ3) is 1.53. The summed E-state index contributed by atoms with van der Waals surface area (Å²) >= 11 is 3.43. The third-order valence-electron chi connectivity index (χ3n) is 3.22. The zero-order valence-corrected chi connectivity index (χ0v) is 11.2. The maximum Gasteiger partial charge on any atom is 0.235 e. The van der Waals surface area contributed by atoms with Crippen molar-refractivity contribution in [2.45, 2.75) is 18.4 Å². The minimum atomic E-state index is -0.561. The second kappa shape index (κ2) is 4.00. The van der Waals surface area contributed by atoms with Crippen molar-refractivity contribution in [2.24, 2.45) is 4.99 Å². The van der Waals surface area contributed by atoms with Gasteiger partial charge in [0.2, 0.25) is 12.9 Å². The molecule has 0 saturated heterocycles. The zero-order chi connectivity index (χ0) is 12.8. The number of nitrogens with zero attached hydrogens (tertiary/aromatic N) is 1. The van der Waals surface area contributed by atoms with E-state index in [1.54, 1.807) is 19.3 Å². The van der Waals surface area contributed by atoms with Crippen molar-refractivity contribution >= 4 is 22.0 Å². The fourth-order valence-corrected chi connectivity index (χ4v) is 2.81. The molecule has 0 N–H and O–H groups in total. The topological polar surface area (TPSA) is 57.1 Å². The summed E-state index contributed by atoms with van der Waals surface area (Å²) in [5.41, 5.74) is 0.212. The Morgan fingerprint density at radius 2 is 2.28 bits per heavy atom. The lowest BCUT2D eigenvalue weighted by Crippen LogP contribution is -2.07. The molecule has 0 amide bonds. The molecule has 0 unspecified atom stereocenters. The molecule has 1 aromatic carbocycles. The molecule has 0 radical (unpaired) electrons. The number of rotatable bonds is 3. The van der Waals surface area contributed by atoms with Crippen molar-refractivity contribution in [3.63, 3.8) is 0 Å². The van der Waals surface area contributed by atoms with E-state index in [0.29, 0.717) is 17.2 Å². The van der Waals surface area contributed by atoms with E-state index in [4.69, 9.17) is 14.2 Å². The second-order valence-electron chi connectivity index (χ2n) is 4.24. The van der Waals surface area contributed by atoms with Crippen molar-refractivity contribution < 1.29 is 19.0 Å². The molecule has 6 heteroatoms. The standard InChI is InChI=1S/C12H10BrNO4/c1-16-10-7(13)4-8-11(18-6-17-8)9(10)12(2-3-12)14-5-15/h4H,2-3,6H2,1H3. The van der Waals surface area contributed by atoms with Crippen molar-refractivity contribution in [3.05, 3.63) is 16.1 Å². The average molecular weight is 312 g/mol. The summed E-state index contributed by atoms with van der Waals surface area (Å²) in [6.07, 6.45) is 3.20. The quantitative estimate of drug-likeness (QED) is 0.636. The number of ether oxygens (including phenoxy) is 3. The molecule has 0 aromatic heterocycles. The summed E-state index contributed by atoms with van der Waals surface area (Å²) in [5, 5.41) is 0. The molecule has 1 fully saturated rings. The minimum absolute atomic E-state index is 0.169. The molecule has 1 aliphatic heterocycles. The van der Waals surface area contributed by atoms with Gasteiger partial charge in [0.1, 0.15) is 11.3 Å². The van der Waals surface area contributed by atoms with Gasteiger partial charge in [0.25, 0.3) is 0 Å². The van der Waals surface area contributed by atoms with E-state index in [9.17, 15) is 4.79 Å². The van der Waals surface area contributed by atoms with Gasteiger partial charge < -0.3 is 14.2 Å². The van der Waals surface area contributed by atoms with Crippen molar-refractivity contribution in [1.29, 1.82) is 0 Å². The van der Waals surface area contributed by atoms with Gasteiger partial charge in [-0.3, -0.25) is 0 Å². The van der Waals surface area contributed by atoms with Gasteiger partial charge in [-0.05, 0) is 28.8 Å². The summed E-state index contributed by atoms with van der Waals surface area (Å²) in [4.78, 5) is 14.5. The first-order valence-corrected chi connectivity index (χ1v) is 6.27. The Hall–Kier alpha value is -1.52. The number of fused-ring (bicyclic) bond motifs is 1. The summed E-state index contributed by atoms with van der Waals surface area (Å²) < 4.78 is 17.0. The van der Waals surface area contributed by atoms with Gasteiger partial charge >= 0.3 is 0 Å². The summed E-state index contributed by atoms with van der Waals surface area (Å²) in [6.45, 7) is 0.169. The predicted molar refractivity (Wildman–Crippen MR) is 65.9 cm³/mol. The van der Waals surface area contributed by atoms with E-state index in [1.165, 1.54) is 0 Å². The number of isocyanates is 1. The second-order valence-corrected chi connectivity index (χ2v) is 5.09. The molecule has 0 atom stereocenters. The van der Waals surface area contributed by atoms with Crippen LogP contribution in [0.15, 0.2) is 15.5 Å². The molecule has 5 nitrogen and oxygen atoms in total. The van der Waals surface area contributed by atoms with Gasteiger partial charge in [0, 0.05) is 6.07 Å².